The molecule has 1 heterocycles. The number of nitrogen functional groups attached to an aromatic ring is 1. The van der Waals surface area contributed by atoms with Gasteiger partial charge in [0.05, 0.1) is 33.8 Å². The van der Waals surface area contributed by atoms with Crippen LogP contribution in [0.25, 0.3) is 10.9 Å². The highest BCUT2D eigenvalue weighted by Crippen LogP contribution is 2.43. The standard InChI is InChI=1S/C12H15N3O4/c1-16-7-5-6-8(10(18-3)9(7)17-2)14-12(19-4)15-11(6)13/h5H,1-4H3,(H2,13,14,15). The second-order valence-corrected chi connectivity index (χ2v) is 3.64. The van der Waals surface area contributed by atoms with Gasteiger partial charge in [0, 0.05) is 0 Å². The van der Waals surface area contributed by atoms with Crippen LogP contribution in [0.5, 0.6) is 23.3 Å². The summed E-state index contributed by atoms with van der Waals surface area (Å²) in [5, 5.41) is 0.607. The number of nitrogens with two attached hydrogens (primary N) is 1. The highest BCUT2D eigenvalue weighted by atomic mass is 16.5. The lowest BCUT2D eigenvalue weighted by molar-refractivity contribution is 0.326. The number of hydrogen-bond acceptors (Lipinski definition) is 7. The van der Waals surface area contributed by atoms with Crippen LogP contribution in [0.15, 0.2) is 6.07 Å². The Labute approximate surface area is 110 Å². The Morgan fingerprint density at radius 1 is 0.895 bits per heavy atom. The summed E-state index contributed by atoms with van der Waals surface area (Å²) in [5.74, 6) is 1.63. The molecule has 0 atom stereocenters. The molecule has 7 nitrogen and oxygen atoms in total. The van der Waals surface area contributed by atoms with E-state index in [0.29, 0.717) is 28.2 Å². The van der Waals surface area contributed by atoms with Gasteiger partial charge >= 0.3 is 6.01 Å². The first-order valence-electron chi connectivity index (χ1n) is 5.46. The number of ether oxygens (including phenoxy) is 4. The van der Waals surface area contributed by atoms with E-state index in [9.17, 15) is 0 Å². The Hall–Kier alpha value is -2.44. The average Bonchev–Trinajstić information content (AvgIpc) is 2.44. The first-order chi connectivity index (χ1) is 9.15. The molecule has 0 unspecified atom stereocenters. The monoisotopic (exact) mass is 265 g/mol. The number of rotatable bonds is 4. The molecule has 7 heteroatoms. The van der Waals surface area contributed by atoms with E-state index in [0.717, 1.165) is 0 Å². The Balaban J connectivity index is 2.88. The van der Waals surface area contributed by atoms with Gasteiger partial charge in [0.1, 0.15) is 11.3 Å². The molecular formula is C12H15N3O4. The van der Waals surface area contributed by atoms with Crippen molar-refractivity contribution in [1.82, 2.24) is 9.97 Å². The Kier molecular flexibility index (Phi) is 3.46. The number of aromatic nitrogens is 2. The molecule has 0 saturated heterocycles. The predicted molar refractivity (Wildman–Crippen MR) is 70.2 cm³/mol. The van der Waals surface area contributed by atoms with Crippen LogP contribution < -0.4 is 24.7 Å². The van der Waals surface area contributed by atoms with E-state index in [1.54, 1.807) is 6.07 Å². The Bertz CT molecular complexity index is 616. The minimum atomic E-state index is 0.163. The van der Waals surface area contributed by atoms with Crippen molar-refractivity contribution in [2.75, 3.05) is 34.2 Å². The van der Waals surface area contributed by atoms with E-state index in [4.69, 9.17) is 24.7 Å². The molecule has 0 aliphatic carbocycles. The highest BCUT2D eigenvalue weighted by molar-refractivity contribution is 5.96. The van der Waals surface area contributed by atoms with E-state index in [2.05, 4.69) is 9.97 Å². The molecule has 0 aliphatic rings. The summed E-state index contributed by atoms with van der Waals surface area (Å²) < 4.78 is 20.9. The highest BCUT2D eigenvalue weighted by Gasteiger charge is 2.20. The summed E-state index contributed by atoms with van der Waals surface area (Å²) >= 11 is 0. The summed E-state index contributed by atoms with van der Waals surface area (Å²) in [6, 6.07) is 1.86. The molecule has 0 aliphatic heterocycles. The molecule has 0 saturated carbocycles. The van der Waals surface area contributed by atoms with Gasteiger partial charge in [-0.3, -0.25) is 0 Å². The number of fused-ring (bicyclic) bond motifs is 1. The van der Waals surface area contributed by atoms with Crippen molar-refractivity contribution in [2.45, 2.75) is 0 Å². The van der Waals surface area contributed by atoms with Crippen molar-refractivity contribution < 1.29 is 18.9 Å². The second-order valence-electron chi connectivity index (χ2n) is 3.64. The summed E-state index contributed by atoms with van der Waals surface area (Å²) in [6.07, 6.45) is 0. The van der Waals surface area contributed by atoms with Crippen LogP contribution in [0.3, 0.4) is 0 Å². The lowest BCUT2D eigenvalue weighted by atomic mass is 10.2. The van der Waals surface area contributed by atoms with Gasteiger partial charge in [0.2, 0.25) is 5.75 Å². The summed E-state index contributed by atoms with van der Waals surface area (Å²) in [7, 11) is 6.03. The van der Waals surface area contributed by atoms with Gasteiger partial charge in [-0.2, -0.15) is 9.97 Å². The molecule has 2 aromatic rings. The topological polar surface area (TPSA) is 88.7 Å². The Morgan fingerprint density at radius 3 is 2.11 bits per heavy atom. The van der Waals surface area contributed by atoms with E-state index >= 15 is 0 Å². The van der Waals surface area contributed by atoms with Gasteiger partial charge in [0.15, 0.2) is 11.5 Å². The number of methoxy groups -OCH3 is 4. The fourth-order valence-corrected chi connectivity index (χ4v) is 1.82. The molecule has 19 heavy (non-hydrogen) atoms. The zero-order valence-electron chi connectivity index (χ0n) is 11.2. The predicted octanol–water partition coefficient (Wildman–Crippen LogP) is 1.25. The van der Waals surface area contributed by atoms with E-state index in [1.165, 1.54) is 28.4 Å². The fourth-order valence-electron chi connectivity index (χ4n) is 1.82. The van der Waals surface area contributed by atoms with Crippen LogP contribution in [-0.4, -0.2) is 38.4 Å². The van der Waals surface area contributed by atoms with Crippen LogP contribution in [0, 0.1) is 0 Å². The molecule has 0 amide bonds. The SMILES string of the molecule is COc1nc(N)c2cc(OC)c(OC)c(OC)c2n1. The van der Waals surface area contributed by atoms with Crippen molar-refractivity contribution in [1.29, 1.82) is 0 Å². The number of nitrogens with zero attached hydrogens (tertiary/aromatic N) is 2. The molecular weight excluding hydrogens is 250 g/mol. The molecule has 1 aromatic carbocycles. The van der Waals surface area contributed by atoms with Crippen molar-refractivity contribution in [3.63, 3.8) is 0 Å². The van der Waals surface area contributed by atoms with Crippen LogP contribution in [0.2, 0.25) is 0 Å². The van der Waals surface area contributed by atoms with Crippen LogP contribution in [0.4, 0.5) is 5.82 Å². The molecule has 2 rings (SSSR count). The molecule has 0 bridgehead atoms. The average molecular weight is 265 g/mol. The zero-order valence-corrected chi connectivity index (χ0v) is 11.2. The largest absolute Gasteiger partial charge is 0.493 e. The normalized spacial score (nSPS) is 10.3. The fraction of sp³-hybridized carbons (Fsp3) is 0.333. The van der Waals surface area contributed by atoms with Crippen molar-refractivity contribution in [2.24, 2.45) is 0 Å². The van der Waals surface area contributed by atoms with Gasteiger partial charge < -0.3 is 24.7 Å². The number of benzene rings is 1. The number of hydrogen-bond donors (Lipinski definition) is 1. The smallest absolute Gasteiger partial charge is 0.318 e. The summed E-state index contributed by atoms with van der Waals surface area (Å²) in [6.45, 7) is 0. The van der Waals surface area contributed by atoms with E-state index in [-0.39, 0.29) is 11.8 Å². The lowest BCUT2D eigenvalue weighted by Crippen LogP contribution is -2.02. The van der Waals surface area contributed by atoms with Crippen LogP contribution in [0.1, 0.15) is 0 Å². The molecule has 1 aromatic heterocycles. The van der Waals surface area contributed by atoms with E-state index in [1.807, 2.05) is 0 Å². The quantitative estimate of drug-likeness (QED) is 0.889. The third-order valence-electron chi connectivity index (χ3n) is 2.69. The first-order valence-corrected chi connectivity index (χ1v) is 5.46. The van der Waals surface area contributed by atoms with Gasteiger partial charge in [-0.25, -0.2) is 0 Å². The Morgan fingerprint density at radius 2 is 1.58 bits per heavy atom. The molecule has 2 N–H and O–H groups in total. The van der Waals surface area contributed by atoms with Gasteiger partial charge in [0.25, 0.3) is 0 Å². The van der Waals surface area contributed by atoms with Crippen LogP contribution >= 0.6 is 0 Å². The maximum Gasteiger partial charge on any atom is 0.318 e. The lowest BCUT2D eigenvalue weighted by Gasteiger charge is -2.15. The molecule has 0 spiro atoms. The van der Waals surface area contributed by atoms with E-state index < -0.39 is 0 Å². The maximum absolute atomic E-state index is 5.89. The van der Waals surface area contributed by atoms with Crippen molar-refractivity contribution in [3.8, 4) is 23.3 Å². The second kappa shape index (κ2) is 5.05. The van der Waals surface area contributed by atoms with Crippen LogP contribution in [-0.2, 0) is 0 Å². The minimum Gasteiger partial charge on any atom is -0.493 e. The van der Waals surface area contributed by atoms with Gasteiger partial charge in [-0.05, 0) is 6.07 Å². The molecule has 0 fully saturated rings. The van der Waals surface area contributed by atoms with Gasteiger partial charge in [-0.15, -0.1) is 0 Å². The molecule has 0 radical (unpaired) electrons. The third-order valence-corrected chi connectivity index (χ3v) is 2.69. The van der Waals surface area contributed by atoms with Crippen molar-refractivity contribution >= 4 is 16.7 Å². The van der Waals surface area contributed by atoms with Gasteiger partial charge in [-0.1, -0.05) is 0 Å². The zero-order chi connectivity index (χ0) is 14.0. The number of anilines is 1. The first kappa shape index (κ1) is 13.0. The summed E-state index contributed by atoms with van der Waals surface area (Å²) in [5.41, 5.74) is 6.39. The maximum atomic E-state index is 5.89. The minimum absolute atomic E-state index is 0.163. The summed E-state index contributed by atoms with van der Waals surface area (Å²) in [4.78, 5) is 8.25. The molecule has 102 valence electrons. The third kappa shape index (κ3) is 2.03. The van der Waals surface area contributed by atoms with Crippen molar-refractivity contribution in [3.05, 3.63) is 6.07 Å².